The van der Waals surface area contributed by atoms with Crippen LogP contribution in [0.15, 0.2) is 30.3 Å². The van der Waals surface area contributed by atoms with Crippen molar-refractivity contribution in [1.82, 2.24) is 4.98 Å². The van der Waals surface area contributed by atoms with Crippen LogP contribution in [0.3, 0.4) is 0 Å². The molecule has 0 spiro atoms. The third-order valence-corrected chi connectivity index (χ3v) is 2.84. The zero-order valence-electron chi connectivity index (χ0n) is 9.12. The summed E-state index contributed by atoms with van der Waals surface area (Å²) >= 11 is 11.6. The molecular weight excluding hydrogens is 274 g/mol. The maximum Gasteiger partial charge on any atom is 0.141 e. The highest BCUT2D eigenvalue weighted by atomic mass is 35.5. The van der Waals surface area contributed by atoms with Crippen LogP contribution in [0.1, 0.15) is 5.56 Å². The molecule has 0 fully saturated rings. The number of halogens is 3. The van der Waals surface area contributed by atoms with Gasteiger partial charge in [-0.25, -0.2) is 9.37 Å². The van der Waals surface area contributed by atoms with E-state index in [1.807, 2.05) is 6.07 Å². The molecule has 0 radical (unpaired) electrons. The fourth-order valence-corrected chi connectivity index (χ4v) is 1.96. The summed E-state index contributed by atoms with van der Waals surface area (Å²) in [5, 5.41) is 8.98. The second-order valence-corrected chi connectivity index (χ2v) is 4.44. The highest BCUT2D eigenvalue weighted by molar-refractivity contribution is 6.31. The van der Waals surface area contributed by atoms with Crippen molar-refractivity contribution >= 4 is 23.2 Å². The normalized spacial score (nSPS) is 10.1. The lowest BCUT2D eigenvalue weighted by molar-refractivity contribution is 0.628. The number of hydrogen-bond acceptors (Lipinski definition) is 2. The van der Waals surface area contributed by atoms with Gasteiger partial charge >= 0.3 is 0 Å². The number of rotatable bonds is 2. The summed E-state index contributed by atoms with van der Waals surface area (Å²) in [4.78, 5) is 4.13. The maximum absolute atomic E-state index is 13.1. The average Bonchev–Trinajstić information content (AvgIpc) is 2.32. The summed E-state index contributed by atoms with van der Waals surface area (Å²) in [6.45, 7) is 0. The summed E-state index contributed by atoms with van der Waals surface area (Å²) in [6.07, 6.45) is 0.240. The number of benzene rings is 1. The summed E-state index contributed by atoms with van der Waals surface area (Å²) in [5.41, 5.74) is 1.98. The van der Waals surface area contributed by atoms with Gasteiger partial charge in [-0.2, -0.15) is 5.26 Å². The Kier molecular flexibility index (Phi) is 3.81. The van der Waals surface area contributed by atoms with Gasteiger partial charge in [0.1, 0.15) is 11.0 Å². The van der Waals surface area contributed by atoms with Crippen LogP contribution in [-0.4, -0.2) is 4.98 Å². The molecule has 0 atom stereocenters. The molecule has 0 bridgehead atoms. The molecule has 18 heavy (non-hydrogen) atoms. The van der Waals surface area contributed by atoms with Crippen molar-refractivity contribution in [1.29, 1.82) is 5.26 Å². The van der Waals surface area contributed by atoms with Crippen molar-refractivity contribution < 1.29 is 4.39 Å². The molecule has 0 unspecified atom stereocenters. The lowest BCUT2D eigenvalue weighted by atomic mass is 10.1. The van der Waals surface area contributed by atoms with E-state index in [9.17, 15) is 4.39 Å². The van der Waals surface area contributed by atoms with E-state index >= 15 is 0 Å². The molecule has 0 saturated carbocycles. The van der Waals surface area contributed by atoms with Gasteiger partial charge in [-0.15, -0.1) is 0 Å². The number of pyridine rings is 1. The minimum Gasteiger partial charge on any atom is -0.236 e. The van der Waals surface area contributed by atoms with Crippen molar-refractivity contribution in [2.24, 2.45) is 0 Å². The number of nitrogens with zero attached hydrogens (tertiary/aromatic N) is 2. The first-order chi connectivity index (χ1) is 8.60. The van der Waals surface area contributed by atoms with Crippen LogP contribution in [0.4, 0.5) is 4.39 Å². The van der Waals surface area contributed by atoms with Gasteiger partial charge in [0.25, 0.3) is 0 Å². The predicted molar refractivity (Wildman–Crippen MR) is 69.0 cm³/mol. The third-order valence-electron chi connectivity index (χ3n) is 2.35. The summed E-state index contributed by atoms with van der Waals surface area (Å²) < 4.78 is 13.1. The molecule has 1 aromatic heterocycles. The predicted octanol–water partition coefficient (Wildman–Crippen LogP) is 4.26. The van der Waals surface area contributed by atoms with E-state index in [0.717, 1.165) is 5.56 Å². The zero-order valence-corrected chi connectivity index (χ0v) is 10.6. The molecule has 2 nitrogen and oxygen atoms in total. The number of hydrogen-bond donors (Lipinski definition) is 0. The van der Waals surface area contributed by atoms with Crippen LogP contribution >= 0.6 is 23.2 Å². The highest BCUT2D eigenvalue weighted by Crippen LogP contribution is 2.25. The molecular formula is C13H7Cl2FN2. The second kappa shape index (κ2) is 5.34. The van der Waals surface area contributed by atoms with Crippen LogP contribution in [0.2, 0.25) is 10.2 Å². The Morgan fingerprint density at radius 2 is 2.00 bits per heavy atom. The van der Waals surface area contributed by atoms with Crippen molar-refractivity contribution in [3.8, 4) is 17.3 Å². The quantitative estimate of drug-likeness (QED) is 0.771. The molecule has 90 valence electrons. The Bertz CT molecular complexity index is 635. The van der Waals surface area contributed by atoms with Crippen molar-refractivity contribution in [2.45, 2.75) is 6.42 Å². The Balaban J connectivity index is 2.50. The second-order valence-electron chi connectivity index (χ2n) is 3.65. The van der Waals surface area contributed by atoms with Gasteiger partial charge in [0.05, 0.1) is 23.2 Å². The summed E-state index contributed by atoms with van der Waals surface area (Å²) in [6, 6.07) is 9.71. The molecule has 0 saturated heterocycles. The SMILES string of the molecule is N#CCc1cc(Cl)nc(-c2ccc(F)c(Cl)c2)c1. The lowest BCUT2D eigenvalue weighted by Crippen LogP contribution is -1.90. The van der Waals surface area contributed by atoms with E-state index in [4.69, 9.17) is 28.5 Å². The lowest BCUT2D eigenvalue weighted by Gasteiger charge is -2.05. The van der Waals surface area contributed by atoms with Crippen LogP contribution in [0, 0.1) is 17.1 Å². The Labute approximate surface area is 114 Å². The molecule has 5 heteroatoms. The van der Waals surface area contributed by atoms with Gasteiger partial charge in [0.2, 0.25) is 0 Å². The first kappa shape index (κ1) is 12.8. The van der Waals surface area contributed by atoms with Crippen LogP contribution < -0.4 is 0 Å². The van der Waals surface area contributed by atoms with E-state index in [1.165, 1.54) is 12.1 Å². The minimum atomic E-state index is -0.486. The minimum absolute atomic E-state index is 0.0242. The van der Waals surface area contributed by atoms with Crippen LogP contribution in [-0.2, 0) is 6.42 Å². The van der Waals surface area contributed by atoms with Crippen LogP contribution in [0.5, 0.6) is 0 Å². The topological polar surface area (TPSA) is 36.7 Å². The monoisotopic (exact) mass is 280 g/mol. The van der Waals surface area contributed by atoms with E-state index < -0.39 is 5.82 Å². The number of nitriles is 1. The first-order valence-electron chi connectivity index (χ1n) is 5.09. The average molecular weight is 281 g/mol. The molecule has 1 heterocycles. The van der Waals surface area contributed by atoms with Gasteiger partial charge in [-0.3, -0.25) is 0 Å². The van der Waals surface area contributed by atoms with E-state index in [2.05, 4.69) is 4.98 Å². The molecule has 0 amide bonds. The zero-order chi connectivity index (χ0) is 13.1. The molecule has 0 N–H and O–H groups in total. The standard InChI is InChI=1S/C13H7Cl2FN2/c14-10-7-9(1-2-11(10)16)12-5-8(3-4-17)6-13(15)18-12/h1-2,5-7H,3H2. The molecule has 0 aliphatic rings. The molecule has 1 aromatic carbocycles. The smallest absolute Gasteiger partial charge is 0.141 e. The molecule has 0 aliphatic carbocycles. The molecule has 0 aliphatic heterocycles. The molecule has 2 rings (SSSR count). The first-order valence-corrected chi connectivity index (χ1v) is 5.84. The van der Waals surface area contributed by atoms with Crippen molar-refractivity contribution in [2.75, 3.05) is 0 Å². The largest absolute Gasteiger partial charge is 0.236 e. The van der Waals surface area contributed by atoms with Gasteiger partial charge in [0.15, 0.2) is 0 Å². The van der Waals surface area contributed by atoms with E-state index in [1.54, 1.807) is 18.2 Å². The third kappa shape index (κ3) is 2.79. The molecule has 2 aromatic rings. The summed E-state index contributed by atoms with van der Waals surface area (Å²) in [7, 11) is 0. The maximum atomic E-state index is 13.1. The summed E-state index contributed by atoms with van der Waals surface area (Å²) in [5.74, 6) is -0.486. The fourth-order valence-electron chi connectivity index (χ4n) is 1.55. The van der Waals surface area contributed by atoms with Gasteiger partial charge in [-0.05, 0) is 35.9 Å². The fraction of sp³-hybridized carbons (Fsp3) is 0.0769. The van der Waals surface area contributed by atoms with Crippen LogP contribution in [0.25, 0.3) is 11.3 Å². The Morgan fingerprint density at radius 3 is 2.67 bits per heavy atom. The van der Waals surface area contributed by atoms with Gasteiger partial charge in [-0.1, -0.05) is 23.2 Å². The van der Waals surface area contributed by atoms with E-state index in [0.29, 0.717) is 11.3 Å². The Hall–Kier alpha value is -1.63. The Morgan fingerprint density at radius 1 is 1.22 bits per heavy atom. The highest BCUT2D eigenvalue weighted by Gasteiger charge is 2.07. The number of aromatic nitrogens is 1. The van der Waals surface area contributed by atoms with E-state index in [-0.39, 0.29) is 16.6 Å². The van der Waals surface area contributed by atoms with Crippen molar-refractivity contribution in [3.05, 3.63) is 51.9 Å². The van der Waals surface area contributed by atoms with Crippen molar-refractivity contribution in [3.63, 3.8) is 0 Å². The van der Waals surface area contributed by atoms with Gasteiger partial charge in [0, 0.05) is 5.56 Å². The van der Waals surface area contributed by atoms with Gasteiger partial charge < -0.3 is 0 Å².